The van der Waals surface area contributed by atoms with E-state index in [2.05, 4.69) is 20.4 Å². The zero-order valence-corrected chi connectivity index (χ0v) is 17.5. The number of benzene rings is 1. The molecule has 154 valence electrons. The number of nitrogens with one attached hydrogen (secondary N) is 1. The highest BCUT2D eigenvalue weighted by Crippen LogP contribution is 2.17. The first-order valence-electron chi connectivity index (χ1n) is 9.10. The molecular weight excluding hydrogens is 406 g/mol. The molecule has 0 saturated heterocycles. The van der Waals surface area contributed by atoms with Crippen molar-refractivity contribution in [2.75, 3.05) is 11.9 Å². The number of aromatic nitrogens is 4. The molecule has 0 fully saturated rings. The van der Waals surface area contributed by atoms with Crippen LogP contribution in [0.3, 0.4) is 0 Å². The van der Waals surface area contributed by atoms with Crippen molar-refractivity contribution in [2.45, 2.75) is 20.8 Å². The van der Waals surface area contributed by atoms with Crippen molar-refractivity contribution in [2.24, 2.45) is 0 Å². The molecule has 0 saturated carbocycles. The number of carbonyl (C=O) groups excluding carboxylic acids is 2. The number of rotatable bonds is 6. The minimum absolute atomic E-state index is 0.343. The number of hydrogen-bond donors (Lipinski definition) is 1. The summed E-state index contributed by atoms with van der Waals surface area (Å²) in [5.74, 6) is -0.451. The molecular formula is C21H20ClN5O3. The predicted molar refractivity (Wildman–Crippen MR) is 113 cm³/mol. The van der Waals surface area contributed by atoms with Gasteiger partial charge in [-0.1, -0.05) is 29.8 Å². The van der Waals surface area contributed by atoms with E-state index < -0.39 is 18.5 Å². The van der Waals surface area contributed by atoms with Crippen LogP contribution in [-0.2, 0) is 14.3 Å². The molecule has 0 atom stereocenters. The van der Waals surface area contributed by atoms with Gasteiger partial charge in [0, 0.05) is 28.6 Å². The van der Waals surface area contributed by atoms with Crippen molar-refractivity contribution in [1.29, 1.82) is 0 Å². The number of ether oxygens (including phenoxy) is 1. The van der Waals surface area contributed by atoms with Crippen molar-refractivity contribution < 1.29 is 14.3 Å². The SMILES string of the molecule is Cc1cc(C)nc(-n2nc(C)cc2NC(=O)COC(=O)/C=C/c2ccccc2Cl)n1. The summed E-state index contributed by atoms with van der Waals surface area (Å²) in [6.45, 7) is 5.03. The van der Waals surface area contributed by atoms with Crippen LogP contribution in [-0.4, -0.2) is 38.2 Å². The van der Waals surface area contributed by atoms with Crippen LogP contribution in [0.1, 0.15) is 22.6 Å². The molecule has 0 bridgehead atoms. The van der Waals surface area contributed by atoms with Crippen LogP contribution < -0.4 is 5.32 Å². The van der Waals surface area contributed by atoms with E-state index in [4.69, 9.17) is 16.3 Å². The molecule has 1 aromatic carbocycles. The molecule has 0 unspecified atom stereocenters. The number of anilines is 1. The smallest absolute Gasteiger partial charge is 0.331 e. The van der Waals surface area contributed by atoms with Crippen molar-refractivity contribution >= 4 is 35.4 Å². The molecule has 0 radical (unpaired) electrons. The quantitative estimate of drug-likeness (QED) is 0.479. The largest absolute Gasteiger partial charge is 0.452 e. The molecule has 9 heteroatoms. The Labute approximate surface area is 178 Å². The van der Waals surface area contributed by atoms with Crippen LogP contribution in [0.5, 0.6) is 0 Å². The molecule has 1 N–H and O–H groups in total. The first-order chi connectivity index (χ1) is 14.3. The summed E-state index contributed by atoms with van der Waals surface area (Å²) in [5.41, 5.74) is 2.91. The van der Waals surface area contributed by atoms with E-state index in [0.29, 0.717) is 28.0 Å². The molecule has 0 aliphatic heterocycles. The molecule has 1 amide bonds. The molecule has 0 spiro atoms. The monoisotopic (exact) mass is 425 g/mol. The minimum atomic E-state index is -0.660. The van der Waals surface area contributed by atoms with Crippen molar-refractivity contribution in [3.05, 3.63) is 70.1 Å². The van der Waals surface area contributed by atoms with Crippen LogP contribution in [0.15, 0.2) is 42.5 Å². The lowest BCUT2D eigenvalue weighted by molar-refractivity contribution is -0.142. The molecule has 3 rings (SSSR count). The summed E-state index contributed by atoms with van der Waals surface area (Å²) < 4.78 is 6.42. The van der Waals surface area contributed by atoms with Gasteiger partial charge in [0.2, 0.25) is 0 Å². The van der Waals surface area contributed by atoms with Gasteiger partial charge in [0.1, 0.15) is 5.82 Å². The Morgan fingerprint density at radius 2 is 1.80 bits per heavy atom. The Balaban J connectivity index is 1.63. The van der Waals surface area contributed by atoms with Gasteiger partial charge >= 0.3 is 5.97 Å². The van der Waals surface area contributed by atoms with E-state index in [1.165, 1.54) is 16.8 Å². The standard InChI is InChI=1S/C21H20ClN5O3/c1-13-10-14(2)24-21(23-13)27-18(11-15(3)26-27)25-19(28)12-30-20(29)9-8-16-6-4-5-7-17(16)22/h4-11H,12H2,1-3H3,(H,25,28)/b9-8+. The number of aryl methyl sites for hydroxylation is 3. The van der Waals surface area contributed by atoms with Crippen LogP contribution in [0.25, 0.3) is 12.0 Å². The highest BCUT2D eigenvalue weighted by atomic mass is 35.5. The molecule has 2 aromatic heterocycles. The second-order valence-corrected chi connectivity index (χ2v) is 6.95. The molecule has 2 heterocycles. The summed E-state index contributed by atoms with van der Waals surface area (Å²) in [5, 5.41) is 7.50. The van der Waals surface area contributed by atoms with Crippen LogP contribution in [0, 0.1) is 20.8 Å². The van der Waals surface area contributed by atoms with Gasteiger partial charge in [-0.05, 0) is 44.5 Å². The zero-order chi connectivity index (χ0) is 21.7. The van der Waals surface area contributed by atoms with Gasteiger partial charge in [-0.25, -0.2) is 14.8 Å². The lowest BCUT2D eigenvalue weighted by Gasteiger charge is -2.09. The number of hydrogen-bond acceptors (Lipinski definition) is 6. The van der Waals surface area contributed by atoms with Gasteiger partial charge in [0.25, 0.3) is 11.9 Å². The van der Waals surface area contributed by atoms with E-state index in [9.17, 15) is 9.59 Å². The van der Waals surface area contributed by atoms with Crippen LogP contribution in [0.2, 0.25) is 5.02 Å². The van der Waals surface area contributed by atoms with Crippen molar-refractivity contribution in [3.8, 4) is 5.95 Å². The average Bonchev–Trinajstić information content (AvgIpc) is 3.05. The van der Waals surface area contributed by atoms with E-state index >= 15 is 0 Å². The van der Waals surface area contributed by atoms with Crippen molar-refractivity contribution in [3.63, 3.8) is 0 Å². The first kappa shape index (κ1) is 21.2. The number of esters is 1. The fraction of sp³-hybridized carbons (Fsp3) is 0.190. The van der Waals surface area contributed by atoms with Gasteiger partial charge in [0.15, 0.2) is 6.61 Å². The number of amides is 1. The Bertz CT molecular complexity index is 1100. The predicted octanol–water partition coefficient (Wildman–Crippen LogP) is 3.44. The van der Waals surface area contributed by atoms with Gasteiger partial charge in [-0.2, -0.15) is 9.78 Å². The van der Waals surface area contributed by atoms with E-state index in [0.717, 1.165) is 11.4 Å². The van der Waals surface area contributed by atoms with E-state index in [-0.39, 0.29) is 0 Å². The summed E-state index contributed by atoms with van der Waals surface area (Å²) in [6, 6.07) is 10.6. The maximum atomic E-state index is 12.3. The number of halogens is 1. The van der Waals surface area contributed by atoms with Crippen LogP contribution >= 0.6 is 11.6 Å². The summed E-state index contributed by atoms with van der Waals surface area (Å²) >= 11 is 6.03. The third kappa shape index (κ3) is 5.51. The van der Waals surface area contributed by atoms with Crippen molar-refractivity contribution in [1.82, 2.24) is 19.7 Å². The lowest BCUT2D eigenvalue weighted by Crippen LogP contribution is -2.22. The first-order valence-corrected chi connectivity index (χ1v) is 9.48. The van der Waals surface area contributed by atoms with Gasteiger partial charge in [0.05, 0.1) is 5.69 Å². The lowest BCUT2D eigenvalue weighted by atomic mass is 10.2. The van der Waals surface area contributed by atoms with Gasteiger partial charge < -0.3 is 10.1 Å². The summed E-state index contributed by atoms with van der Waals surface area (Å²) in [7, 11) is 0. The van der Waals surface area contributed by atoms with E-state index in [1.807, 2.05) is 19.9 Å². The Morgan fingerprint density at radius 3 is 2.50 bits per heavy atom. The Hall–Kier alpha value is -3.52. The van der Waals surface area contributed by atoms with E-state index in [1.54, 1.807) is 37.3 Å². The summed E-state index contributed by atoms with van der Waals surface area (Å²) in [4.78, 5) is 32.8. The highest BCUT2D eigenvalue weighted by molar-refractivity contribution is 6.32. The topological polar surface area (TPSA) is 99.0 Å². The third-order valence-corrected chi connectivity index (χ3v) is 4.25. The normalized spacial score (nSPS) is 10.9. The van der Waals surface area contributed by atoms with Crippen LogP contribution in [0.4, 0.5) is 5.82 Å². The minimum Gasteiger partial charge on any atom is -0.452 e. The maximum absolute atomic E-state index is 12.3. The fourth-order valence-electron chi connectivity index (χ4n) is 2.67. The molecule has 0 aliphatic rings. The summed E-state index contributed by atoms with van der Waals surface area (Å²) in [6.07, 6.45) is 2.74. The number of carbonyl (C=O) groups is 2. The fourth-order valence-corrected chi connectivity index (χ4v) is 2.87. The zero-order valence-electron chi connectivity index (χ0n) is 16.7. The Kier molecular flexibility index (Phi) is 6.58. The van der Waals surface area contributed by atoms with Gasteiger partial charge in [-0.15, -0.1) is 0 Å². The molecule has 30 heavy (non-hydrogen) atoms. The second kappa shape index (κ2) is 9.32. The number of nitrogens with zero attached hydrogens (tertiary/aromatic N) is 4. The maximum Gasteiger partial charge on any atom is 0.331 e. The molecule has 3 aromatic rings. The second-order valence-electron chi connectivity index (χ2n) is 6.54. The third-order valence-electron chi connectivity index (χ3n) is 3.91. The average molecular weight is 426 g/mol. The van der Waals surface area contributed by atoms with Gasteiger partial charge in [-0.3, -0.25) is 4.79 Å². The molecule has 8 nitrogen and oxygen atoms in total. The Morgan fingerprint density at radius 1 is 1.10 bits per heavy atom. The highest BCUT2D eigenvalue weighted by Gasteiger charge is 2.14. The molecule has 0 aliphatic carbocycles.